The largest absolute Gasteiger partial charge is 0.460 e. The zero-order chi connectivity index (χ0) is 31.8. The molecule has 6 atom stereocenters. The lowest BCUT2D eigenvalue weighted by Gasteiger charge is -2.39. The van der Waals surface area contributed by atoms with E-state index in [9.17, 15) is 39.6 Å². The number of benzene rings is 1. The predicted octanol–water partition coefficient (Wildman–Crippen LogP) is 0.320. The molecule has 240 valence electrons. The minimum atomic E-state index is -1.63. The third-order valence-electron chi connectivity index (χ3n) is 7.74. The summed E-state index contributed by atoms with van der Waals surface area (Å²) in [4.78, 5) is 50.9. The number of amides is 4. The number of nitrogens with one attached hydrogen (secondary N) is 2. The summed E-state index contributed by atoms with van der Waals surface area (Å²) in [6.07, 6.45) is -5.75. The van der Waals surface area contributed by atoms with E-state index in [2.05, 4.69) is 24.5 Å². The van der Waals surface area contributed by atoms with E-state index in [1.54, 1.807) is 18.2 Å². The first-order chi connectivity index (χ1) is 20.3. The van der Waals surface area contributed by atoms with Crippen molar-refractivity contribution in [1.82, 2.24) is 10.2 Å². The molecule has 4 amide bonds. The Morgan fingerprint density at radius 2 is 1.77 bits per heavy atom. The number of likely N-dealkylation sites (tertiary alicyclic amines) is 1. The van der Waals surface area contributed by atoms with E-state index >= 15 is 0 Å². The van der Waals surface area contributed by atoms with E-state index in [-0.39, 0.29) is 67.4 Å². The molecule has 6 N–H and O–H groups in total. The van der Waals surface area contributed by atoms with Crippen LogP contribution >= 0.6 is 0 Å². The Bertz CT molecular complexity index is 1140. The zero-order valence-corrected chi connectivity index (χ0v) is 25.2. The van der Waals surface area contributed by atoms with Crippen molar-refractivity contribution in [2.45, 2.75) is 90.5 Å². The number of aliphatic hydroxyl groups is 4. The van der Waals surface area contributed by atoms with Gasteiger partial charge < -0.3 is 40.5 Å². The van der Waals surface area contributed by atoms with Gasteiger partial charge in [0, 0.05) is 38.3 Å². The number of anilines is 1. The maximum Gasteiger partial charge on any atom is 0.233 e. The number of aliphatic hydroxyl groups excluding tert-OH is 4. The molecular weight excluding hydrogens is 562 g/mol. The summed E-state index contributed by atoms with van der Waals surface area (Å²) in [5.74, 6) is -1.13. The van der Waals surface area contributed by atoms with E-state index in [0.717, 1.165) is 23.3 Å². The molecule has 2 fully saturated rings. The number of rotatable bonds is 14. The Morgan fingerprint density at radius 3 is 2.40 bits per heavy atom. The third kappa shape index (κ3) is 9.19. The molecule has 13 heteroatoms. The molecule has 1 aromatic rings. The fourth-order valence-electron chi connectivity index (χ4n) is 4.97. The summed E-state index contributed by atoms with van der Waals surface area (Å²) in [5, 5.41) is 45.4. The number of carbonyl (C=O) groups is 4. The molecule has 0 aliphatic carbocycles. The van der Waals surface area contributed by atoms with Crippen molar-refractivity contribution in [3.05, 3.63) is 23.8 Å². The van der Waals surface area contributed by atoms with Crippen LogP contribution in [0.3, 0.4) is 0 Å². The van der Waals surface area contributed by atoms with Gasteiger partial charge in [0.05, 0.1) is 12.3 Å². The van der Waals surface area contributed by atoms with Crippen LogP contribution in [0.25, 0.3) is 0 Å². The fraction of sp³-hybridized carbons (Fsp3) is 0.667. The van der Waals surface area contributed by atoms with Crippen LogP contribution in [0, 0.1) is 17.8 Å². The first-order valence-electron chi connectivity index (χ1n) is 14.8. The summed E-state index contributed by atoms with van der Waals surface area (Å²) in [7, 11) is 0. The van der Waals surface area contributed by atoms with Crippen molar-refractivity contribution in [3.8, 4) is 5.75 Å². The molecule has 2 saturated heterocycles. The lowest BCUT2D eigenvalue weighted by molar-refractivity contribution is -0.277. The standard InChI is InChI=1S/C30H45N3O10/c1-16(2)5-6-18-7-8-21(42-30-28(40)27(39)26(38)22(15-34)43-30)20(13-18)32-24(36)9-11-31-23(35)10-12-33-25(37)14-19(17(3)4)29(33)41/h7-8,13,16-17,19,22,26-28,30,34,38-40H,5-6,9-12,14-15H2,1-4H3,(H,31,35)(H,32,36). The van der Waals surface area contributed by atoms with E-state index < -0.39 is 49.1 Å². The second-order valence-corrected chi connectivity index (χ2v) is 11.9. The summed E-state index contributed by atoms with van der Waals surface area (Å²) in [6, 6.07) is 5.13. The van der Waals surface area contributed by atoms with Crippen molar-refractivity contribution in [2.75, 3.05) is 25.0 Å². The first kappa shape index (κ1) is 34.4. The zero-order valence-electron chi connectivity index (χ0n) is 25.2. The summed E-state index contributed by atoms with van der Waals surface area (Å²) in [6.45, 7) is 7.33. The molecule has 0 saturated carbocycles. The van der Waals surface area contributed by atoms with Gasteiger partial charge in [-0.25, -0.2) is 0 Å². The lowest BCUT2D eigenvalue weighted by Crippen LogP contribution is -2.60. The van der Waals surface area contributed by atoms with Crippen molar-refractivity contribution < 1.29 is 49.1 Å². The van der Waals surface area contributed by atoms with Gasteiger partial charge in [-0.15, -0.1) is 0 Å². The number of hydrogen-bond acceptors (Lipinski definition) is 10. The number of nitrogens with zero attached hydrogens (tertiary/aromatic N) is 1. The van der Waals surface area contributed by atoms with Gasteiger partial charge in [-0.2, -0.15) is 0 Å². The maximum absolute atomic E-state index is 12.8. The van der Waals surface area contributed by atoms with Gasteiger partial charge in [-0.1, -0.05) is 33.8 Å². The molecule has 2 heterocycles. The highest BCUT2D eigenvalue weighted by Gasteiger charge is 2.45. The normalized spacial score (nSPS) is 25.9. The van der Waals surface area contributed by atoms with Crippen LogP contribution in [0.1, 0.15) is 58.9 Å². The monoisotopic (exact) mass is 607 g/mol. The molecule has 43 heavy (non-hydrogen) atoms. The van der Waals surface area contributed by atoms with Gasteiger partial charge in [0.25, 0.3) is 0 Å². The third-order valence-corrected chi connectivity index (χ3v) is 7.74. The smallest absolute Gasteiger partial charge is 0.233 e. The fourth-order valence-corrected chi connectivity index (χ4v) is 4.97. The molecule has 3 rings (SSSR count). The van der Waals surface area contributed by atoms with Gasteiger partial charge in [0.15, 0.2) is 0 Å². The Labute approximate surface area is 251 Å². The minimum absolute atomic E-state index is 0.0110. The lowest BCUT2D eigenvalue weighted by atomic mass is 9.94. The van der Waals surface area contributed by atoms with Crippen LogP contribution in [0.15, 0.2) is 18.2 Å². The molecule has 0 spiro atoms. The highest BCUT2D eigenvalue weighted by Crippen LogP contribution is 2.31. The topological polar surface area (TPSA) is 195 Å². The number of aryl methyl sites for hydroxylation is 1. The molecule has 0 bridgehead atoms. The quantitative estimate of drug-likeness (QED) is 0.160. The molecule has 0 aromatic heterocycles. The first-order valence-corrected chi connectivity index (χ1v) is 14.8. The van der Waals surface area contributed by atoms with Gasteiger partial charge in [0.1, 0.15) is 30.2 Å². The van der Waals surface area contributed by atoms with E-state index in [1.807, 2.05) is 13.8 Å². The summed E-state index contributed by atoms with van der Waals surface area (Å²) < 4.78 is 11.2. The Kier molecular flexibility index (Phi) is 12.5. The Balaban J connectivity index is 1.58. The van der Waals surface area contributed by atoms with Crippen LogP contribution in [-0.2, 0) is 30.3 Å². The van der Waals surface area contributed by atoms with Crippen molar-refractivity contribution in [2.24, 2.45) is 17.8 Å². The van der Waals surface area contributed by atoms with Crippen LogP contribution < -0.4 is 15.4 Å². The van der Waals surface area contributed by atoms with Crippen LogP contribution in [0.4, 0.5) is 5.69 Å². The molecule has 0 radical (unpaired) electrons. The van der Waals surface area contributed by atoms with Gasteiger partial charge in [-0.3, -0.25) is 24.1 Å². The number of carbonyl (C=O) groups excluding carboxylic acids is 4. The maximum atomic E-state index is 12.8. The number of imide groups is 1. The highest BCUT2D eigenvalue weighted by atomic mass is 16.7. The van der Waals surface area contributed by atoms with Crippen molar-refractivity contribution >= 4 is 29.3 Å². The molecule has 1 aromatic carbocycles. The molecule has 13 nitrogen and oxygen atoms in total. The second kappa shape index (κ2) is 15.6. The molecule has 2 aliphatic heterocycles. The molecular formula is C30H45N3O10. The van der Waals surface area contributed by atoms with Crippen LogP contribution in [0.5, 0.6) is 5.75 Å². The second-order valence-electron chi connectivity index (χ2n) is 11.9. The van der Waals surface area contributed by atoms with Crippen LogP contribution in [-0.4, -0.2) is 99.4 Å². The predicted molar refractivity (Wildman–Crippen MR) is 155 cm³/mol. The SMILES string of the molecule is CC(C)CCc1ccc(OC2OC(CO)C(O)C(O)C2O)c(NC(=O)CCNC(=O)CCN2C(=O)CC(C(C)C)C2=O)c1. The van der Waals surface area contributed by atoms with Gasteiger partial charge in [0.2, 0.25) is 29.9 Å². The summed E-state index contributed by atoms with van der Waals surface area (Å²) in [5.41, 5.74) is 1.20. The van der Waals surface area contributed by atoms with Gasteiger partial charge in [-0.05, 0) is 42.4 Å². The number of ether oxygens (including phenoxy) is 2. The molecule has 2 aliphatic rings. The van der Waals surface area contributed by atoms with Crippen LogP contribution in [0.2, 0.25) is 0 Å². The molecule has 6 unspecified atom stereocenters. The average molecular weight is 608 g/mol. The summed E-state index contributed by atoms with van der Waals surface area (Å²) >= 11 is 0. The van der Waals surface area contributed by atoms with E-state index in [4.69, 9.17) is 9.47 Å². The average Bonchev–Trinajstić information content (AvgIpc) is 3.24. The van der Waals surface area contributed by atoms with E-state index in [1.165, 1.54) is 0 Å². The Hall–Kier alpha value is -3.10. The minimum Gasteiger partial charge on any atom is -0.460 e. The van der Waals surface area contributed by atoms with Crippen molar-refractivity contribution in [3.63, 3.8) is 0 Å². The highest BCUT2D eigenvalue weighted by molar-refractivity contribution is 6.03. The Morgan fingerprint density at radius 1 is 1.05 bits per heavy atom. The van der Waals surface area contributed by atoms with E-state index in [0.29, 0.717) is 5.92 Å². The number of hydrogen-bond donors (Lipinski definition) is 6. The van der Waals surface area contributed by atoms with Gasteiger partial charge >= 0.3 is 0 Å². The van der Waals surface area contributed by atoms with Crippen molar-refractivity contribution in [1.29, 1.82) is 0 Å².